The molecule has 0 aliphatic carbocycles. The van der Waals surface area contributed by atoms with Gasteiger partial charge in [0.2, 0.25) is 0 Å². The fourth-order valence-corrected chi connectivity index (χ4v) is 3.71. The quantitative estimate of drug-likeness (QED) is 0.189. The molecular weight excluding hydrogens is 482 g/mol. The number of imidazole rings is 1. The van der Waals surface area contributed by atoms with Crippen LogP contribution in [-0.2, 0) is 23.1 Å². The van der Waals surface area contributed by atoms with Gasteiger partial charge in [0, 0.05) is 36.6 Å². The largest absolute Gasteiger partial charge is 0.466 e. The minimum atomic E-state index is -0.399. The number of fused-ring (bicyclic) bond motifs is 1. The Morgan fingerprint density at radius 3 is 2.61 bits per heavy atom. The molecule has 198 valence electrons. The third-order valence-corrected chi connectivity index (χ3v) is 5.77. The van der Waals surface area contributed by atoms with Crippen molar-refractivity contribution in [1.29, 1.82) is 5.41 Å². The van der Waals surface area contributed by atoms with E-state index in [1.807, 2.05) is 42.8 Å². The Morgan fingerprint density at radius 1 is 1.24 bits per heavy atom. The number of nitrogens with zero attached hydrogens (tertiary/aromatic N) is 4. The number of nitrogens with two attached hydrogens (primary N) is 1. The van der Waals surface area contributed by atoms with Gasteiger partial charge in [0.05, 0.1) is 30.6 Å². The Kier molecular flexibility index (Phi) is 9.53. The molecule has 0 radical (unpaired) electrons. The second-order valence-electron chi connectivity index (χ2n) is 8.37. The lowest BCUT2D eigenvalue weighted by atomic mass is 10.1. The predicted molar refractivity (Wildman–Crippen MR) is 150 cm³/mol. The molecule has 1 aromatic heterocycles. The predicted octanol–water partition coefficient (Wildman–Crippen LogP) is 3.98. The summed E-state index contributed by atoms with van der Waals surface area (Å²) >= 11 is 0. The molecule has 4 N–H and O–H groups in total. The molecular formula is C28H33N7O3. The number of carbonyl (C=O) groups is 2. The van der Waals surface area contributed by atoms with Gasteiger partial charge in [-0.1, -0.05) is 12.7 Å². The normalized spacial score (nSPS) is 11.2. The van der Waals surface area contributed by atoms with Gasteiger partial charge in [-0.2, -0.15) is 0 Å². The maximum absolute atomic E-state index is 13.5. The second kappa shape index (κ2) is 13.0. The van der Waals surface area contributed by atoms with Crippen molar-refractivity contribution in [2.75, 3.05) is 18.5 Å². The lowest BCUT2D eigenvalue weighted by Crippen LogP contribution is -2.32. The van der Waals surface area contributed by atoms with Crippen molar-refractivity contribution in [3.8, 4) is 0 Å². The van der Waals surface area contributed by atoms with Gasteiger partial charge >= 0.3 is 5.97 Å². The second-order valence-corrected chi connectivity index (χ2v) is 8.37. The number of amidine groups is 1. The van der Waals surface area contributed by atoms with E-state index in [9.17, 15) is 9.59 Å². The van der Waals surface area contributed by atoms with E-state index in [2.05, 4.69) is 16.9 Å². The zero-order valence-electron chi connectivity index (χ0n) is 21.9. The SMILES string of the molecule is C=C(N=C/C=C\C)N(CCC(=O)OCC)C(=O)c1ccc2c(c1)nc(CNc1ccc(C(=N)N)cc1)n2C. The van der Waals surface area contributed by atoms with Crippen molar-refractivity contribution < 1.29 is 14.3 Å². The molecule has 3 aromatic rings. The van der Waals surface area contributed by atoms with Crippen molar-refractivity contribution in [1.82, 2.24) is 14.5 Å². The van der Waals surface area contributed by atoms with Gasteiger partial charge in [0.1, 0.15) is 17.5 Å². The summed E-state index contributed by atoms with van der Waals surface area (Å²) in [6, 6.07) is 12.6. The van der Waals surface area contributed by atoms with Crippen LogP contribution >= 0.6 is 0 Å². The van der Waals surface area contributed by atoms with E-state index in [0.717, 1.165) is 17.0 Å². The number of anilines is 1. The van der Waals surface area contributed by atoms with E-state index in [-0.39, 0.29) is 37.1 Å². The number of aliphatic imine (C=N–C) groups is 1. The Bertz CT molecular complexity index is 1390. The van der Waals surface area contributed by atoms with Crippen LogP contribution in [0, 0.1) is 5.41 Å². The first kappa shape index (κ1) is 27.9. The highest BCUT2D eigenvalue weighted by molar-refractivity contribution is 5.98. The van der Waals surface area contributed by atoms with Crippen molar-refractivity contribution >= 4 is 40.6 Å². The molecule has 10 heteroatoms. The maximum Gasteiger partial charge on any atom is 0.307 e. The number of benzene rings is 2. The lowest BCUT2D eigenvalue weighted by Gasteiger charge is -2.22. The molecule has 0 fully saturated rings. The summed E-state index contributed by atoms with van der Waals surface area (Å²) < 4.78 is 6.97. The minimum Gasteiger partial charge on any atom is -0.466 e. The number of ether oxygens (including phenoxy) is 1. The fourth-order valence-electron chi connectivity index (χ4n) is 3.71. The summed E-state index contributed by atoms with van der Waals surface area (Å²) in [5.41, 5.74) is 8.97. The van der Waals surface area contributed by atoms with Gasteiger partial charge in [-0.05, 0) is 62.4 Å². The van der Waals surface area contributed by atoms with Crippen LogP contribution in [0.25, 0.3) is 11.0 Å². The summed E-state index contributed by atoms with van der Waals surface area (Å²) in [7, 11) is 1.91. The molecule has 1 heterocycles. The first-order chi connectivity index (χ1) is 18.2. The summed E-state index contributed by atoms with van der Waals surface area (Å²) in [6.45, 7) is 8.32. The van der Waals surface area contributed by atoms with E-state index in [1.54, 1.807) is 43.5 Å². The van der Waals surface area contributed by atoms with Crippen LogP contribution in [0.3, 0.4) is 0 Å². The van der Waals surface area contributed by atoms with E-state index in [1.165, 1.54) is 4.90 Å². The average Bonchev–Trinajstić information content (AvgIpc) is 3.22. The number of rotatable bonds is 12. The van der Waals surface area contributed by atoms with Gasteiger partial charge in [0.15, 0.2) is 0 Å². The number of hydrogen-bond acceptors (Lipinski definition) is 7. The third-order valence-electron chi connectivity index (χ3n) is 5.77. The number of carbonyl (C=O) groups excluding carboxylic acids is 2. The van der Waals surface area contributed by atoms with Crippen LogP contribution in [0.4, 0.5) is 5.69 Å². The first-order valence-corrected chi connectivity index (χ1v) is 12.2. The summed E-state index contributed by atoms with van der Waals surface area (Å²) in [4.78, 5) is 35.7. The molecule has 0 saturated heterocycles. The molecule has 38 heavy (non-hydrogen) atoms. The molecule has 2 aromatic carbocycles. The van der Waals surface area contributed by atoms with Crippen LogP contribution < -0.4 is 11.1 Å². The van der Waals surface area contributed by atoms with Crippen LogP contribution in [0.5, 0.6) is 0 Å². The zero-order chi connectivity index (χ0) is 27.7. The number of allylic oxidation sites excluding steroid dienone is 2. The topological polar surface area (TPSA) is 139 Å². The lowest BCUT2D eigenvalue weighted by molar-refractivity contribution is -0.143. The highest BCUT2D eigenvalue weighted by Gasteiger charge is 2.21. The Morgan fingerprint density at radius 2 is 1.95 bits per heavy atom. The van der Waals surface area contributed by atoms with Gasteiger partial charge in [-0.15, -0.1) is 0 Å². The molecule has 0 aliphatic heterocycles. The van der Waals surface area contributed by atoms with Crippen LogP contribution in [0.2, 0.25) is 0 Å². The average molecular weight is 516 g/mol. The molecule has 0 spiro atoms. The highest BCUT2D eigenvalue weighted by Crippen LogP contribution is 2.21. The van der Waals surface area contributed by atoms with E-state index in [4.69, 9.17) is 20.9 Å². The zero-order valence-corrected chi connectivity index (χ0v) is 21.9. The van der Waals surface area contributed by atoms with Gasteiger partial charge < -0.3 is 20.4 Å². The van der Waals surface area contributed by atoms with Crippen LogP contribution in [-0.4, -0.2) is 51.5 Å². The molecule has 3 rings (SSSR count). The van der Waals surface area contributed by atoms with Crippen molar-refractivity contribution in [3.05, 3.63) is 84.0 Å². The van der Waals surface area contributed by atoms with Gasteiger partial charge in [0.25, 0.3) is 5.91 Å². The first-order valence-electron chi connectivity index (χ1n) is 12.2. The molecule has 1 amide bonds. The monoisotopic (exact) mass is 515 g/mol. The number of aromatic nitrogens is 2. The Labute approximate surface area is 222 Å². The van der Waals surface area contributed by atoms with Crippen molar-refractivity contribution in [2.24, 2.45) is 17.8 Å². The van der Waals surface area contributed by atoms with Crippen molar-refractivity contribution in [3.63, 3.8) is 0 Å². The number of aryl methyl sites for hydroxylation is 1. The third kappa shape index (κ3) is 6.94. The number of amides is 1. The van der Waals surface area contributed by atoms with Crippen molar-refractivity contribution in [2.45, 2.75) is 26.8 Å². The van der Waals surface area contributed by atoms with Crippen LogP contribution in [0.1, 0.15) is 42.0 Å². The standard InChI is InChI=1S/C28H33N7O3/c1-5-7-15-31-19(3)35(16-14-26(36)38-6-2)28(37)21-10-13-24-23(17-21)33-25(34(24)4)18-32-22-11-8-20(9-12-22)27(29)30/h5,7-13,15,17,32H,3,6,14,16,18H2,1-2,4H3,(H3,29,30)/b7-5-,31-15?. The molecule has 0 aliphatic rings. The Balaban J connectivity index is 1.81. The van der Waals surface area contributed by atoms with Gasteiger partial charge in [-0.3, -0.25) is 19.9 Å². The number of hydrogen-bond donors (Lipinski definition) is 3. The molecule has 0 unspecified atom stereocenters. The number of nitrogen functional groups attached to an aromatic ring is 1. The molecule has 10 nitrogen and oxygen atoms in total. The van der Waals surface area contributed by atoms with E-state index < -0.39 is 5.97 Å². The highest BCUT2D eigenvalue weighted by atomic mass is 16.5. The molecule has 0 saturated carbocycles. The summed E-state index contributed by atoms with van der Waals surface area (Å²) in [5, 5.41) is 10.8. The summed E-state index contributed by atoms with van der Waals surface area (Å²) in [5.74, 6) is 0.280. The van der Waals surface area contributed by atoms with Crippen LogP contribution in [0.15, 0.2) is 72.0 Å². The fraction of sp³-hybridized carbons (Fsp3) is 0.250. The Hall–Kier alpha value is -4.73. The maximum atomic E-state index is 13.5. The van der Waals surface area contributed by atoms with Gasteiger partial charge in [-0.25, -0.2) is 9.98 Å². The minimum absolute atomic E-state index is 0.0184. The number of esters is 1. The van der Waals surface area contributed by atoms with E-state index >= 15 is 0 Å². The smallest absolute Gasteiger partial charge is 0.307 e. The summed E-state index contributed by atoms with van der Waals surface area (Å²) in [6.07, 6.45) is 5.10. The molecule has 0 bridgehead atoms. The molecule has 0 atom stereocenters. The van der Waals surface area contributed by atoms with E-state index in [0.29, 0.717) is 23.2 Å². The number of nitrogens with one attached hydrogen (secondary N) is 2.